The molecule has 0 heterocycles. The molecule has 27 heavy (non-hydrogen) atoms. The van der Waals surface area contributed by atoms with Gasteiger partial charge in [0, 0.05) is 12.4 Å². The van der Waals surface area contributed by atoms with Gasteiger partial charge in [0.15, 0.2) is 9.84 Å². The van der Waals surface area contributed by atoms with Crippen LogP contribution in [0.25, 0.3) is 0 Å². The minimum Gasteiger partial charge on any atom is -0.316 e. The van der Waals surface area contributed by atoms with Crippen molar-refractivity contribution in [1.29, 1.82) is 0 Å². The van der Waals surface area contributed by atoms with Gasteiger partial charge in [0.2, 0.25) is 0 Å². The van der Waals surface area contributed by atoms with Crippen molar-refractivity contribution in [3.8, 4) is 0 Å². The molecule has 0 radical (unpaired) electrons. The lowest BCUT2D eigenvalue weighted by Crippen LogP contribution is -2.25. The third-order valence-electron chi connectivity index (χ3n) is 5.19. The SMILES string of the molecule is CCCCCCCCCCCCCCCCCCNCCS(=O)(=O)CCCl. The first-order valence-electron chi connectivity index (χ1n) is 11.6. The van der Waals surface area contributed by atoms with Crippen LogP contribution in [0.1, 0.15) is 110 Å². The molecule has 5 heteroatoms. The first-order valence-corrected chi connectivity index (χ1v) is 13.9. The Morgan fingerprint density at radius 2 is 1.00 bits per heavy atom. The highest BCUT2D eigenvalue weighted by atomic mass is 35.5. The highest BCUT2D eigenvalue weighted by molar-refractivity contribution is 7.91. The smallest absolute Gasteiger partial charge is 0.152 e. The van der Waals surface area contributed by atoms with E-state index in [0.29, 0.717) is 6.54 Å². The van der Waals surface area contributed by atoms with Crippen molar-refractivity contribution in [1.82, 2.24) is 5.32 Å². The summed E-state index contributed by atoms with van der Waals surface area (Å²) < 4.78 is 23.0. The summed E-state index contributed by atoms with van der Waals surface area (Å²) in [7, 11) is -2.95. The molecule has 0 aliphatic carbocycles. The van der Waals surface area contributed by atoms with Gasteiger partial charge in [-0.3, -0.25) is 0 Å². The number of unbranched alkanes of at least 4 members (excludes halogenated alkanes) is 15. The monoisotopic (exact) mass is 423 g/mol. The molecule has 164 valence electrons. The first-order chi connectivity index (χ1) is 13.1. The largest absolute Gasteiger partial charge is 0.316 e. The van der Waals surface area contributed by atoms with E-state index < -0.39 is 9.84 Å². The standard InChI is InChI=1S/C22H46ClNO2S/c1-2-3-4-5-6-7-8-9-10-11-12-13-14-15-16-17-19-24-20-22-27(25,26)21-18-23/h24H,2-22H2,1H3. The second-order valence-electron chi connectivity index (χ2n) is 7.89. The first kappa shape index (κ1) is 27.2. The molecule has 0 aromatic carbocycles. The molecule has 0 rings (SSSR count). The van der Waals surface area contributed by atoms with Gasteiger partial charge in [-0.1, -0.05) is 103 Å². The van der Waals surface area contributed by atoms with Gasteiger partial charge < -0.3 is 5.32 Å². The molecule has 0 saturated carbocycles. The maximum Gasteiger partial charge on any atom is 0.152 e. The van der Waals surface area contributed by atoms with Gasteiger partial charge in [-0.25, -0.2) is 8.42 Å². The summed E-state index contributed by atoms with van der Waals surface area (Å²) in [6, 6.07) is 0. The number of halogens is 1. The molecule has 0 aromatic heterocycles. The van der Waals surface area contributed by atoms with E-state index in [0.717, 1.165) is 13.0 Å². The Kier molecular flexibility index (Phi) is 21.1. The number of sulfone groups is 1. The Morgan fingerprint density at radius 1 is 0.593 bits per heavy atom. The summed E-state index contributed by atoms with van der Waals surface area (Å²) in [5.74, 6) is 0.495. The van der Waals surface area contributed by atoms with Crippen LogP contribution < -0.4 is 5.32 Å². The molecule has 0 spiro atoms. The highest BCUT2D eigenvalue weighted by Gasteiger charge is 2.08. The summed E-state index contributed by atoms with van der Waals surface area (Å²) in [5, 5.41) is 3.23. The molecule has 0 amide bonds. The number of nitrogens with one attached hydrogen (secondary N) is 1. The molecule has 0 aliphatic rings. The summed E-state index contributed by atoms with van der Waals surface area (Å²) in [6.07, 6.45) is 22.0. The van der Waals surface area contributed by atoms with Crippen LogP contribution in [-0.2, 0) is 9.84 Å². The van der Waals surface area contributed by atoms with Gasteiger partial charge in [0.05, 0.1) is 11.5 Å². The van der Waals surface area contributed by atoms with E-state index >= 15 is 0 Å². The minimum absolute atomic E-state index is 0.0925. The number of rotatable bonds is 22. The van der Waals surface area contributed by atoms with Crippen molar-refractivity contribution in [2.75, 3.05) is 30.5 Å². The fourth-order valence-corrected chi connectivity index (χ4v) is 4.97. The Bertz CT molecular complexity index is 388. The Balaban J connectivity index is 3.11. The molecular weight excluding hydrogens is 378 g/mol. The van der Waals surface area contributed by atoms with E-state index in [2.05, 4.69) is 12.2 Å². The van der Waals surface area contributed by atoms with Crippen LogP contribution in [0.2, 0.25) is 0 Å². The van der Waals surface area contributed by atoms with Crippen LogP contribution in [-0.4, -0.2) is 38.9 Å². The van der Waals surface area contributed by atoms with E-state index in [-0.39, 0.29) is 17.4 Å². The van der Waals surface area contributed by atoms with Crippen molar-refractivity contribution in [3.05, 3.63) is 0 Å². The lowest BCUT2D eigenvalue weighted by atomic mass is 10.0. The zero-order valence-corrected chi connectivity index (χ0v) is 19.5. The lowest BCUT2D eigenvalue weighted by molar-refractivity contribution is 0.526. The van der Waals surface area contributed by atoms with Crippen LogP contribution in [0.3, 0.4) is 0 Å². The molecule has 3 nitrogen and oxygen atoms in total. The fraction of sp³-hybridized carbons (Fsp3) is 1.00. The summed E-state index contributed by atoms with van der Waals surface area (Å²) in [5.41, 5.74) is 0. The quantitative estimate of drug-likeness (QED) is 0.160. The van der Waals surface area contributed by atoms with Crippen LogP contribution in [0.15, 0.2) is 0 Å². The maximum absolute atomic E-state index is 11.5. The molecule has 0 atom stereocenters. The molecule has 0 aliphatic heterocycles. The molecule has 0 unspecified atom stereocenters. The lowest BCUT2D eigenvalue weighted by Gasteiger charge is -2.06. The Hall–Kier alpha value is 0.200. The topological polar surface area (TPSA) is 46.2 Å². The Morgan fingerprint density at radius 3 is 1.41 bits per heavy atom. The number of alkyl halides is 1. The molecule has 0 saturated heterocycles. The van der Waals surface area contributed by atoms with Crippen LogP contribution >= 0.6 is 11.6 Å². The van der Waals surface area contributed by atoms with Gasteiger partial charge in [-0.15, -0.1) is 11.6 Å². The maximum atomic E-state index is 11.5. The van der Waals surface area contributed by atoms with Gasteiger partial charge in [0.1, 0.15) is 0 Å². The van der Waals surface area contributed by atoms with Crippen LogP contribution in [0.4, 0.5) is 0 Å². The predicted octanol–water partition coefficient (Wildman–Crippen LogP) is 6.49. The number of hydrogen-bond acceptors (Lipinski definition) is 3. The molecule has 0 bridgehead atoms. The van der Waals surface area contributed by atoms with Crippen LogP contribution in [0, 0.1) is 0 Å². The van der Waals surface area contributed by atoms with Crippen molar-refractivity contribution in [3.63, 3.8) is 0 Å². The van der Waals surface area contributed by atoms with Gasteiger partial charge in [0.25, 0.3) is 0 Å². The van der Waals surface area contributed by atoms with E-state index in [4.69, 9.17) is 11.6 Å². The summed E-state index contributed by atoms with van der Waals surface area (Å²) in [4.78, 5) is 0. The van der Waals surface area contributed by atoms with Gasteiger partial charge >= 0.3 is 0 Å². The zero-order valence-electron chi connectivity index (χ0n) is 18.0. The predicted molar refractivity (Wildman–Crippen MR) is 122 cm³/mol. The number of hydrogen-bond donors (Lipinski definition) is 1. The summed E-state index contributed by atoms with van der Waals surface area (Å²) in [6.45, 7) is 3.76. The average Bonchev–Trinajstić information content (AvgIpc) is 2.63. The zero-order chi connectivity index (χ0) is 20.1. The van der Waals surface area contributed by atoms with E-state index in [9.17, 15) is 8.42 Å². The highest BCUT2D eigenvalue weighted by Crippen LogP contribution is 2.13. The van der Waals surface area contributed by atoms with Crippen molar-refractivity contribution >= 4 is 21.4 Å². The van der Waals surface area contributed by atoms with Crippen LogP contribution in [0.5, 0.6) is 0 Å². The summed E-state index contributed by atoms with van der Waals surface area (Å²) >= 11 is 5.48. The average molecular weight is 424 g/mol. The molecule has 0 fully saturated rings. The third kappa shape index (κ3) is 22.4. The Labute approximate surface area is 175 Å². The minimum atomic E-state index is -2.95. The van der Waals surface area contributed by atoms with Crippen molar-refractivity contribution in [2.24, 2.45) is 0 Å². The normalized spacial score (nSPS) is 11.9. The van der Waals surface area contributed by atoms with Crippen molar-refractivity contribution in [2.45, 2.75) is 110 Å². The molecule has 0 aromatic rings. The fourth-order valence-electron chi connectivity index (χ4n) is 3.37. The van der Waals surface area contributed by atoms with E-state index in [1.54, 1.807) is 0 Å². The third-order valence-corrected chi connectivity index (χ3v) is 7.25. The van der Waals surface area contributed by atoms with Gasteiger partial charge in [-0.2, -0.15) is 0 Å². The van der Waals surface area contributed by atoms with Crippen molar-refractivity contribution < 1.29 is 8.42 Å². The molecular formula is C22H46ClNO2S. The van der Waals surface area contributed by atoms with Gasteiger partial charge in [-0.05, 0) is 13.0 Å². The second kappa shape index (κ2) is 20.9. The second-order valence-corrected chi connectivity index (χ2v) is 10.6. The van der Waals surface area contributed by atoms with E-state index in [1.165, 1.54) is 96.3 Å². The van der Waals surface area contributed by atoms with E-state index in [1.807, 2.05) is 0 Å². The molecule has 1 N–H and O–H groups in total.